The summed E-state index contributed by atoms with van der Waals surface area (Å²) >= 11 is 13.1. The summed E-state index contributed by atoms with van der Waals surface area (Å²) < 4.78 is 6.14. The maximum atomic E-state index is 4.18. The summed E-state index contributed by atoms with van der Waals surface area (Å²) in [6.07, 6.45) is 0.878. The lowest BCUT2D eigenvalue weighted by Gasteiger charge is -2.03. The Morgan fingerprint density at radius 2 is 1.18 bits per heavy atom. The largest absolute Gasteiger partial charge is 0.239 e. The molecule has 17 heavy (non-hydrogen) atoms. The van der Waals surface area contributed by atoms with Gasteiger partial charge in [-0.25, -0.2) is 9.36 Å². The first kappa shape index (κ1) is 13.6. The van der Waals surface area contributed by atoms with Crippen LogP contribution in [-0.4, -0.2) is 29.5 Å². The third kappa shape index (κ3) is 3.58. The maximum Gasteiger partial charge on any atom is 0.218 e. The van der Waals surface area contributed by atoms with Crippen molar-refractivity contribution in [2.75, 3.05) is 0 Å². The Morgan fingerprint density at radius 1 is 0.765 bits per heavy atom. The molecule has 0 aromatic carbocycles. The maximum absolute atomic E-state index is 4.18. The smallest absolute Gasteiger partial charge is 0.218 e. The number of rotatable bonds is 4. The summed E-state index contributed by atoms with van der Waals surface area (Å²) in [4.78, 5) is 8.18. The lowest BCUT2D eigenvalue weighted by atomic mass is 10.4. The molecule has 0 saturated carbocycles. The van der Waals surface area contributed by atoms with Crippen LogP contribution in [0.4, 0.5) is 0 Å². The summed E-state index contributed by atoms with van der Waals surface area (Å²) in [6, 6.07) is 0. The van der Waals surface area contributed by atoms with Gasteiger partial charge in [-0.05, 0) is 70.1 Å². The van der Waals surface area contributed by atoms with E-state index >= 15 is 0 Å². The Kier molecular flexibility index (Phi) is 4.72. The highest BCUT2D eigenvalue weighted by Gasteiger charge is 2.07. The molecule has 0 spiro atoms. The summed E-state index contributed by atoms with van der Waals surface area (Å²) in [5, 5.41) is 8.36. The predicted octanol–water partition coefficient (Wildman–Crippen LogP) is 3.01. The highest BCUT2D eigenvalue weighted by molar-refractivity contribution is 9.11. The third-order valence-corrected chi connectivity index (χ3v) is 3.79. The second-order valence-corrected chi connectivity index (χ2v) is 5.94. The van der Waals surface area contributed by atoms with E-state index in [1.54, 1.807) is 9.36 Å². The second-order valence-electron chi connectivity index (χ2n) is 3.10. The van der Waals surface area contributed by atoms with Gasteiger partial charge in [0.05, 0.1) is 0 Å². The lowest BCUT2D eigenvalue weighted by Crippen LogP contribution is -2.07. The quantitative estimate of drug-likeness (QED) is 0.657. The molecule has 0 aliphatic heterocycles. The van der Waals surface area contributed by atoms with E-state index in [-0.39, 0.29) is 0 Å². The first-order valence-corrected chi connectivity index (χ1v) is 7.75. The summed E-state index contributed by atoms with van der Waals surface area (Å²) in [6.45, 7) is 1.51. The number of halogens is 4. The Labute approximate surface area is 131 Å². The van der Waals surface area contributed by atoms with Crippen LogP contribution in [0.15, 0.2) is 18.9 Å². The van der Waals surface area contributed by atoms with Gasteiger partial charge < -0.3 is 0 Å². The molecule has 0 saturated heterocycles. The van der Waals surface area contributed by atoms with E-state index in [9.17, 15) is 0 Å². The predicted molar refractivity (Wildman–Crippen MR) is 75.5 cm³/mol. The van der Waals surface area contributed by atoms with Crippen molar-refractivity contribution < 1.29 is 0 Å². The van der Waals surface area contributed by atoms with Gasteiger partial charge in [-0.15, -0.1) is 10.2 Å². The second kappa shape index (κ2) is 5.89. The zero-order valence-corrected chi connectivity index (χ0v) is 14.7. The minimum Gasteiger partial charge on any atom is -0.239 e. The standard InChI is InChI=1S/C7H6Br4N6/c8-4-12-6(10)16(14-4)2-1-3-17-7(11)13-5(9)15-17/h1-3H2. The summed E-state index contributed by atoms with van der Waals surface area (Å²) in [7, 11) is 0. The molecule has 0 N–H and O–H groups in total. The van der Waals surface area contributed by atoms with Crippen LogP contribution < -0.4 is 0 Å². The SMILES string of the molecule is Brc1nc(Br)n(CCCn2nc(Br)nc2Br)n1. The van der Waals surface area contributed by atoms with E-state index in [2.05, 4.69) is 83.9 Å². The fourth-order valence-corrected chi connectivity index (χ4v) is 3.29. The van der Waals surface area contributed by atoms with Gasteiger partial charge in [0, 0.05) is 13.1 Å². The van der Waals surface area contributed by atoms with E-state index < -0.39 is 0 Å². The average molecular weight is 494 g/mol. The van der Waals surface area contributed by atoms with Gasteiger partial charge in [0.2, 0.25) is 9.47 Å². The molecule has 0 bridgehead atoms. The van der Waals surface area contributed by atoms with E-state index in [1.165, 1.54) is 0 Å². The molecule has 10 heteroatoms. The van der Waals surface area contributed by atoms with Crippen molar-refractivity contribution in [2.45, 2.75) is 19.5 Å². The topological polar surface area (TPSA) is 61.4 Å². The number of aromatic nitrogens is 6. The van der Waals surface area contributed by atoms with Crippen LogP contribution in [0.2, 0.25) is 0 Å². The molecule has 0 amide bonds. The molecule has 2 rings (SSSR count). The normalized spacial score (nSPS) is 11.1. The molecule has 0 fully saturated rings. The van der Waals surface area contributed by atoms with E-state index in [4.69, 9.17) is 0 Å². The Balaban J connectivity index is 1.92. The van der Waals surface area contributed by atoms with Gasteiger partial charge in [0.15, 0.2) is 9.47 Å². The van der Waals surface area contributed by atoms with Gasteiger partial charge in [-0.2, -0.15) is 9.97 Å². The van der Waals surface area contributed by atoms with Crippen LogP contribution in [0.5, 0.6) is 0 Å². The molecule has 0 aliphatic carbocycles. The number of nitrogens with zero attached hydrogens (tertiary/aromatic N) is 6. The van der Waals surface area contributed by atoms with Crippen LogP contribution >= 0.6 is 63.7 Å². The van der Waals surface area contributed by atoms with Crippen molar-refractivity contribution in [1.82, 2.24) is 29.5 Å². The minimum absolute atomic E-state index is 0.578. The first-order chi connectivity index (χ1) is 8.06. The average Bonchev–Trinajstić information content (AvgIpc) is 2.71. The molecule has 0 unspecified atom stereocenters. The zero-order chi connectivity index (χ0) is 12.4. The van der Waals surface area contributed by atoms with Crippen molar-refractivity contribution in [3.63, 3.8) is 0 Å². The van der Waals surface area contributed by atoms with Crippen LogP contribution in [0, 0.1) is 0 Å². The first-order valence-electron chi connectivity index (χ1n) is 4.58. The number of aryl methyl sites for hydroxylation is 2. The molecule has 92 valence electrons. The van der Waals surface area contributed by atoms with E-state index in [0.717, 1.165) is 19.5 Å². The molecule has 0 radical (unpaired) electrons. The molecule has 2 heterocycles. The minimum atomic E-state index is 0.578. The van der Waals surface area contributed by atoms with Crippen molar-refractivity contribution in [3.05, 3.63) is 18.9 Å². The highest BCUT2D eigenvalue weighted by atomic mass is 79.9. The Morgan fingerprint density at radius 3 is 1.47 bits per heavy atom. The monoisotopic (exact) mass is 490 g/mol. The zero-order valence-electron chi connectivity index (χ0n) is 8.32. The van der Waals surface area contributed by atoms with E-state index in [1.807, 2.05) is 0 Å². The molecule has 6 nitrogen and oxygen atoms in total. The summed E-state index contributed by atoms with van der Waals surface area (Å²) in [5.74, 6) is 0. The fourth-order valence-electron chi connectivity index (χ4n) is 1.25. The lowest BCUT2D eigenvalue weighted by molar-refractivity contribution is 0.487. The number of hydrogen-bond acceptors (Lipinski definition) is 4. The Hall–Kier alpha value is 0.200. The van der Waals surface area contributed by atoms with Crippen molar-refractivity contribution in [1.29, 1.82) is 0 Å². The van der Waals surface area contributed by atoms with E-state index in [0.29, 0.717) is 18.9 Å². The van der Waals surface area contributed by atoms with Gasteiger partial charge in [0.25, 0.3) is 0 Å². The Bertz CT molecular complexity index is 474. The molecule has 0 atom stereocenters. The van der Waals surface area contributed by atoms with Gasteiger partial charge >= 0.3 is 0 Å². The highest BCUT2D eigenvalue weighted by Crippen LogP contribution is 2.14. The van der Waals surface area contributed by atoms with Crippen LogP contribution in [0.1, 0.15) is 6.42 Å². The third-order valence-electron chi connectivity index (χ3n) is 1.94. The molecule has 2 aromatic heterocycles. The van der Waals surface area contributed by atoms with Gasteiger partial charge in [-0.1, -0.05) is 0 Å². The summed E-state index contributed by atoms with van der Waals surface area (Å²) in [5.41, 5.74) is 0. The van der Waals surface area contributed by atoms with Crippen molar-refractivity contribution in [2.24, 2.45) is 0 Å². The van der Waals surface area contributed by atoms with Crippen LogP contribution in [-0.2, 0) is 13.1 Å². The van der Waals surface area contributed by atoms with Gasteiger partial charge in [0.1, 0.15) is 0 Å². The van der Waals surface area contributed by atoms with Gasteiger partial charge in [-0.3, -0.25) is 0 Å². The molecule has 2 aromatic rings. The molecular formula is C7H6Br4N6. The van der Waals surface area contributed by atoms with Crippen LogP contribution in [0.25, 0.3) is 0 Å². The van der Waals surface area contributed by atoms with Crippen molar-refractivity contribution >= 4 is 63.7 Å². The van der Waals surface area contributed by atoms with Crippen LogP contribution in [0.3, 0.4) is 0 Å². The molecular weight excluding hydrogens is 488 g/mol. The number of hydrogen-bond donors (Lipinski definition) is 0. The fraction of sp³-hybridized carbons (Fsp3) is 0.429. The van der Waals surface area contributed by atoms with Crippen molar-refractivity contribution in [3.8, 4) is 0 Å². The molecule has 0 aliphatic rings.